The second-order valence-electron chi connectivity index (χ2n) is 11.9. The predicted octanol–water partition coefficient (Wildman–Crippen LogP) is -1.71. The molecule has 0 spiro atoms. The standard InChI is InChI=1S/C40H27N5O8S.3Na/c46-38-29-11-6-12-36(54(51,52)53)28(29)16-20-35(38)44-42-32-17-14-24(21-30(32)39(47)48)25-15-18-33(31(22-25)40(49)50)43-45-37-27-10-5-4-7-23(27)13-19-34(37)41-26-8-2-1-3-9-26;;;/h1-22,41,46H,(H,47,48)(H,49,50)(H,51,52,53);;;/q;3*+1/p-3. The van der Waals surface area contributed by atoms with Gasteiger partial charge in [0.15, 0.2) is 0 Å². The molecule has 0 amide bonds. The molecule has 7 rings (SSSR count). The molecular weight excluding hydrogens is 780 g/mol. The average molecular weight is 804 g/mol. The maximum absolute atomic E-state index is 13.0. The zero-order chi connectivity index (χ0) is 38.0. The van der Waals surface area contributed by atoms with Crippen LogP contribution < -0.4 is 109 Å². The van der Waals surface area contributed by atoms with Crippen LogP contribution in [0.2, 0.25) is 0 Å². The largest absolute Gasteiger partial charge is 1.00 e. The summed E-state index contributed by atoms with van der Waals surface area (Å²) in [5.41, 5.74) is 1.41. The van der Waals surface area contributed by atoms with E-state index in [0.29, 0.717) is 16.9 Å². The van der Waals surface area contributed by atoms with Crippen molar-refractivity contribution in [2.24, 2.45) is 20.5 Å². The predicted molar refractivity (Wildman–Crippen MR) is 196 cm³/mol. The van der Waals surface area contributed by atoms with Gasteiger partial charge in [-0.05, 0) is 76.5 Å². The number of carbonyl (C=O) groups is 2. The van der Waals surface area contributed by atoms with Crippen molar-refractivity contribution in [3.63, 3.8) is 0 Å². The van der Waals surface area contributed by atoms with Crippen LogP contribution in [0.25, 0.3) is 32.7 Å². The summed E-state index contributed by atoms with van der Waals surface area (Å²) in [5, 5.41) is 59.1. The third-order valence-electron chi connectivity index (χ3n) is 8.47. The summed E-state index contributed by atoms with van der Waals surface area (Å²) in [5.74, 6) is -3.86. The van der Waals surface area contributed by atoms with Crippen molar-refractivity contribution in [2.75, 3.05) is 5.32 Å². The van der Waals surface area contributed by atoms with Crippen molar-refractivity contribution >= 4 is 77.7 Å². The van der Waals surface area contributed by atoms with Crippen molar-refractivity contribution in [1.29, 1.82) is 0 Å². The number of fused-ring (bicyclic) bond motifs is 2. The van der Waals surface area contributed by atoms with Crippen molar-refractivity contribution in [3.8, 4) is 16.9 Å². The van der Waals surface area contributed by atoms with E-state index in [-0.39, 0.29) is 128 Å². The number of nitrogens with one attached hydrogen (secondary N) is 1. The molecule has 0 aliphatic carbocycles. The molecule has 0 bridgehead atoms. The van der Waals surface area contributed by atoms with Crippen LogP contribution in [-0.2, 0) is 10.1 Å². The Labute approximate surface area is 392 Å². The number of rotatable bonds is 10. The Balaban J connectivity index is 0.00000240. The molecule has 0 heterocycles. The molecule has 0 atom stereocenters. The third-order valence-corrected chi connectivity index (χ3v) is 9.38. The maximum atomic E-state index is 13.0. The van der Waals surface area contributed by atoms with Crippen molar-refractivity contribution in [3.05, 3.63) is 145 Å². The normalized spacial score (nSPS) is 11.2. The topological polar surface area (TPSA) is 219 Å². The molecule has 2 N–H and O–H groups in total. The first-order valence-electron chi connectivity index (χ1n) is 16.1. The van der Waals surface area contributed by atoms with Gasteiger partial charge in [0.1, 0.15) is 10.6 Å². The zero-order valence-electron chi connectivity index (χ0n) is 30.7. The molecule has 57 heavy (non-hydrogen) atoms. The van der Waals surface area contributed by atoms with E-state index in [9.17, 15) is 37.9 Å². The van der Waals surface area contributed by atoms with E-state index >= 15 is 0 Å². The van der Waals surface area contributed by atoms with E-state index in [0.717, 1.165) is 22.5 Å². The van der Waals surface area contributed by atoms with Crippen LogP contribution in [0.4, 0.5) is 34.1 Å². The van der Waals surface area contributed by atoms with Crippen molar-refractivity contribution in [2.45, 2.75) is 4.90 Å². The Hall–Kier alpha value is -4.29. The first-order chi connectivity index (χ1) is 26.0. The minimum absolute atomic E-state index is 0. The Bertz CT molecular complexity index is 2820. The number of anilines is 2. The van der Waals surface area contributed by atoms with Gasteiger partial charge in [-0.15, -0.1) is 15.3 Å². The molecule has 0 aromatic heterocycles. The maximum Gasteiger partial charge on any atom is 1.00 e. The molecule has 0 saturated heterocycles. The summed E-state index contributed by atoms with van der Waals surface area (Å²) < 4.78 is 33.0. The fraction of sp³-hybridized carbons (Fsp3) is 0. The molecule has 0 saturated carbocycles. The second-order valence-corrected chi connectivity index (χ2v) is 13.2. The van der Waals surface area contributed by atoms with Crippen LogP contribution in [-0.4, -0.2) is 24.9 Å². The number of carboxylic acid groups (broad SMARTS) is 2. The zero-order valence-corrected chi connectivity index (χ0v) is 37.5. The molecule has 266 valence electrons. The Morgan fingerprint density at radius 2 is 1.11 bits per heavy atom. The van der Waals surface area contributed by atoms with Crippen LogP contribution in [0.5, 0.6) is 5.75 Å². The molecular formula is C40H24N5Na3O8S. The Kier molecular flexibility index (Phi) is 15.5. The molecule has 13 nitrogen and oxygen atoms in total. The van der Waals surface area contributed by atoms with E-state index < -0.39 is 38.3 Å². The molecule has 0 radical (unpaired) electrons. The Morgan fingerprint density at radius 1 is 0.561 bits per heavy atom. The van der Waals surface area contributed by atoms with E-state index in [1.54, 1.807) is 6.07 Å². The molecule has 7 aromatic rings. The minimum atomic E-state index is -4.61. The van der Waals surface area contributed by atoms with Gasteiger partial charge >= 0.3 is 88.7 Å². The molecule has 7 aromatic carbocycles. The van der Waals surface area contributed by atoms with Gasteiger partial charge in [-0.2, -0.15) is 13.5 Å². The number of hydrogen-bond acceptors (Lipinski definition) is 12. The monoisotopic (exact) mass is 803 g/mol. The van der Waals surface area contributed by atoms with Crippen molar-refractivity contribution < 1.29 is 127 Å². The molecule has 0 aliphatic rings. The van der Waals surface area contributed by atoms with Gasteiger partial charge in [0.25, 0.3) is 10.1 Å². The van der Waals surface area contributed by atoms with E-state index in [1.165, 1.54) is 54.6 Å². The fourth-order valence-electron chi connectivity index (χ4n) is 5.88. The Morgan fingerprint density at radius 3 is 1.72 bits per heavy atom. The minimum Gasteiger partial charge on any atom is -0.871 e. The number of aromatic carboxylic acids is 2. The SMILES string of the molecule is O=C([O-])c1cc(-c2ccc(N=Nc3c(Nc4ccccc4)ccc4ccccc34)c(C(=O)[O-])c2)ccc1N=Nc1ccc2c(S(=O)(=O)O)cccc2c1[O-].[Na+].[Na+].[Na+]. The molecule has 0 unspecified atom stereocenters. The average Bonchev–Trinajstić information content (AvgIpc) is 3.17. The summed E-state index contributed by atoms with van der Waals surface area (Å²) in [6.07, 6.45) is 0. The quantitative estimate of drug-likeness (QED) is 0.0913. The van der Waals surface area contributed by atoms with Gasteiger partial charge in [0, 0.05) is 27.6 Å². The van der Waals surface area contributed by atoms with Gasteiger partial charge in [-0.3, -0.25) is 4.55 Å². The van der Waals surface area contributed by atoms with Gasteiger partial charge < -0.3 is 30.2 Å². The molecule has 0 fully saturated rings. The number of nitrogens with zero attached hydrogens (tertiary/aromatic N) is 4. The van der Waals surface area contributed by atoms with Crippen LogP contribution in [0.1, 0.15) is 20.7 Å². The number of carbonyl (C=O) groups excluding carboxylic acids is 2. The number of benzene rings is 7. The first kappa shape index (κ1) is 45.4. The first-order valence-corrected chi connectivity index (χ1v) is 17.5. The number of azo groups is 2. The van der Waals surface area contributed by atoms with Crippen LogP contribution >= 0.6 is 0 Å². The van der Waals surface area contributed by atoms with Crippen LogP contribution in [0, 0.1) is 0 Å². The summed E-state index contributed by atoms with van der Waals surface area (Å²) in [6, 6.07) is 35.3. The summed E-state index contributed by atoms with van der Waals surface area (Å²) in [6.45, 7) is 0. The number of carboxylic acids is 2. The van der Waals surface area contributed by atoms with E-state index in [4.69, 9.17) is 0 Å². The second kappa shape index (κ2) is 19.4. The summed E-state index contributed by atoms with van der Waals surface area (Å²) >= 11 is 0. The van der Waals surface area contributed by atoms with Gasteiger partial charge in [-0.1, -0.05) is 84.6 Å². The third kappa shape index (κ3) is 10.1. The summed E-state index contributed by atoms with van der Waals surface area (Å²) in [7, 11) is -4.61. The molecule has 0 aliphatic heterocycles. The van der Waals surface area contributed by atoms with E-state index in [2.05, 4.69) is 25.8 Å². The number of hydrogen-bond donors (Lipinski definition) is 2. The van der Waals surface area contributed by atoms with Gasteiger partial charge in [0.05, 0.1) is 34.7 Å². The van der Waals surface area contributed by atoms with Crippen LogP contribution in [0.3, 0.4) is 0 Å². The summed E-state index contributed by atoms with van der Waals surface area (Å²) in [4.78, 5) is 24.1. The fourth-order valence-corrected chi connectivity index (χ4v) is 6.58. The van der Waals surface area contributed by atoms with E-state index in [1.807, 2.05) is 66.7 Å². The number of para-hydroxylation sites is 1. The van der Waals surface area contributed by atoms with Crippen LogP contribution in [0.15, 0.2) is 159 Å². The molecule has 17 heteroatoms. The van der Waals surface area contributed by atoms with Gasteiger partial charge in [-0.25, -0.2) is 0 Å². The van der Waals surface area contributed by atoms with Crippen molar-refractivity contribution in [1.82, 2.24) is 0 Å². The smallest absolute Gasteiger partial charge is 0.871 e. The van der Waals surface area contributed by atoms with Gasteiger partial charge in [0.2, 0.25) is 0 Å².